The standard InChI is InChI=1S/C19H20BrN3O2/c1-13(25-16-9-7-15(20)8-10-16)19(24)21-11-12-23-14(2)22-17-5-3-4-6-18(17)23/h3-10,13H,11-12H2,1-2H3,(H,21,24). The Hall–Kier alpha value is -2.34. The smallest absolute Gasteiger partial charge is 0.260 e. The number of hydrogen-bond acceptors (Lipinski definition) is 3. The zero-order chi connectivity index (χ0) is 17.8. The Kier molecular flexibility index (Phi) is 5.38. The van der Waals surface area contributed by atoms with Gasteiger partial charge in [-0.2, -0.15) is 0 Å². The second kappa shape index (κ2) is 7.70. The first kappa shape index (κ1) is 17.5. The van der Waals surface area contributed by atoms with Crippen molar-refractivity contribution in [2.45, 2.75) is 26.5 Å². The van der Waals surface area contributed by atoms with Gasteiger partial charge in [0.05, 0.1) is 11.0 Å². The summed E-state index contributed by atoms with van der Waals surface area (Å²) in [5, 5.41) is 2.92. The lowest BCUT2D eigenvalue weighted by Gasteiger charge is -2.15. The molecule has 5 nitrogen and oxygen atoms in total. The largest absolute Gasteiger partial charge is 0.481 e. The lowest BCUT2D eigenvalue weighted by Crippen LogP contribution is -2.38. The average Bonchev–Trinajstić information content (AvgIpc) is 2.92. The number of amides is 1. The van der Waals surface area contributed by atoms with E-state index in [1.54, 1.807) is 6.92 Å². The molecular weight excluding hydrogens is 382 g/mol. The molecule has 0 saturated heterocycles. The fourth-order valence-corrected chi connectivity index (χ4v) is 2.95. The van der Waals surface area contributed by atoms with E-state index in [4.69, 9.17) is 4.74 Å². The molecule has 1 N–H and O–H groups in total. The monoisotopic (exact) mass is 401 g/mol. The van der Waals surface area contributed by atoms with Gasteiger partial charge in [-0.05, 0) is 50.2 Å². The molecule has 3 rings (SSSR count). The summed E-state index contributed by atoms with van der Waals surface area (Å²) in [5.74, 6) is 1.47. The summed E-state index contributed by atoms with van der Waals surface area (Å²) in [6.45, 7) is 4.91. The van der Waals surface area contributed by atoms with Gasteiger partial charge in [-0.3, -0.25) is 4.79 Å². The van der Waals surface area contributed by atoms with E-state index in [0.29, 0.717) is 18.8 Å². The van der Waals surface area contributed by atoms with Crippen LogP contribution in [0.5, 0.6) is 5.75 Å². The Morgan fingerprint density at radius 1 is 1.24 bits per heavy atom. The predicted molar refractivity (Wildman–Crippen MR) is 102 cm³/mol. The van der Waals surface area contributed by atoms with Gasteiger partial charge in [0.1, 0.15) is 11.6 Å². The number of halogens is 1. The molecule has 25 heavy (non-hydrogen) atoms. The number of carbonyl (C=O) groups is 1. The molecule has 0 bridgehead atoms. The fourth-order valence-electron chi connectivity index (χ4n) is 2.68. The maximum atomic E-state index is 12.2. The highest BCUT2D eigenvalue weighted by atomic mass is 79.9. The highest BCUT2D eigenvalue weighted by Gasteiger charge is 2.14. The first-order chi connectivity index (χ1) is 12.0. The highest BCUT2D eigenvalue weighted by molar-refractivity contribution is 9.10. The van der Waals surface area contributed by atoms with Crippen LogP contribution in [0, 0.1) is 6.92 Å². The van der Waals surface area contributed by atoms with Crippen LogP contribution in [0.25, 0.3) is 11.0 Å². The van der Waals surface area contributed by atoms with Gasteiger partial charge in [-0.25, -0.2) is 4.98 Å². The number of imidazole rings is 1. The molecule has 2 aromatic carbocycles. The normalized spacial score (nSPS) is 12.1. The Morgan fingerprint density at radius 3 is 2.72 bits per heavy atom. The molecule has 6 heteroatoms. The molecule has 0 aliphatic heterocycles. The molecule has 3 aromatic rings. The SMILES string of the molecule is Cc1nc2ccccc2n1CCNC(=O)C(C)Oc1ccc(Br)cc1. The molecule has 130 valence electrons. The summed E-state index contributed by atoms with van der Waals surface area (Å²) in [5.41, 5.74) is 2.05. The summed E-state index contributed by atoms with van der Waals surface area (Å²) in [6, 6.07) is 15.4. The highest BCUT2D eigenvalue weighted by Crippen LogP contribution is 2.17. The Bertz CT molecular complexity index is 874. The number of ether oxygens (including phenoxy) is 1. The minimum atomic E-state index is -0.554. The first-order valence-electron chi connectivity index (χ1n) is 8.16. The second-order valence-corrected chi connectivity index (χ2v) is 6.72. The van der Waals surface area contributed by atoms with Crippen molar-refractivity contribution in [2.75, 3.05) is 6.54 Å². The zero-order valence-electron chi connectivity index (χ0n) is 14.2. The van der Waals surface area contributed by atoms with E-state index in [9.17, 15) is 4.79 Å². The number of para-hydroxylation sites is 2. The van der Waals surface area contributed by atoms with Crippen molar-refractivity contribution in [3.05, 3.63) is 58.8 Å². The number of fused-ring (bicyclic) bond motifs is 1. The average molecular weight is 402 g/mol. The van der Waals surface area contributed by atoms with Crippen LogP contribution in [0.4, 0.5) is 0 Å². The molecule has 1 aromatic heterocycles. The van der Waals surface area contributed by atoms with Crippen molar-refractivity contribution in [1.29, 1.82) is 0 Å². The molecule has 0 aliphatic rings. The third-order valence-electron chi connectivity index (χ3n) is 3.98. The first-order valence-corrected chi connectivity index (χ1v) is 8.95. The van der Waals surface area contributed by atoms with E-state index in [2.05, 4.69) is 30.8 Å². The van der Waals surface area contributed by atoms with Crippen molar-refractivity contribution in [3.8, 4) is 5.75 Å². The van der Waals surface area contributed by atoms with Crippen LogP contribution in [0.15, 0.2) is 53.0 Å². The third-order valence-corrected chi connectivity index (χ3v) is 4.50. The summed E-state index contributed by atoms with van der Waals surface area (Å²) in [6.07, 6.45) is -0.554. The third kappa shape index (κ3) is 4.20. The molecule has 0 saturated carbocycles. The van der Waals surface area contributed by atoms with Gasteiger partial charge in [0.15, 0.2) is 6.10 Å². The number of carbonyl (C=O) groups excluding carboxylic acids is 1. The quantitative estimate of drug-likeness (QED) is 0.684. The van der Waals surface area contributed by atoms with Crippen LogP contribution >= 0.6 is 15.9 Å². The predicted octanol–water partition coefficient (Wildman–Crippen LogP) is 3.69. The molecule has 1 unspecified atom stereocenters. The van der Waals surface area contributed by atoms with Crippen LogP contribution in [0.1, 0.15) is 12.7 Å². The number of aromatic nitrogens is 2. The van der Waals surface area contributed by atoms with E-state index in [1.165, 1.54) is 0 Å². The van der Waals surface area contributed by atoms with E-state index in [1.807, 2.05) is 55.5 Å². The Morgan fingerprint density at radius 2 is 1.96 bits per heavy atom. The number of nitrogens with zero attached hydrogens (tertiary/aromatic N) is 2. The lowest BCUT2D eigenvalue weighted by molar-refractivity contribution is -0.127. The number of nitrogens with one attached hydrogen (secondary N) is 1. The van der Waals surface area contributed by atoms with Crippen LogP contribution in [-0.2, 0) is 11.3 Å². The molecule has 1 atom stereocenters. The van der Waals surface area contributed by atoms with Crippen LogP contribution in [-0.4, -0.2) is 28.1 Å². The van der Waals surface area contributed by atoms with E-state index in [0.717, 1.165) is 21.3 Å². The summed E-state index contributed by atoms with van der Waals surface area (Å²) in [4.78, 5) is 16.8. The van der Waals surface area contributed by atoms with E-state index < -0.39 is 6.10 Å². The number of hydrogen-bond donors (Lipinski definition) is 1. The van der Waals surface area contributed by atoms with Gasteiger partial charge >= 0.3 is 0 Å². The minimum absolute atomic E-state index is 0.134. The molecule has 0 radical (unpaired) electrons. The minimum Gasteiger partial charge on any atom is -0.481 e. The molecule has 1 heterocycles. The van der Waals surface area contributed by atoms with Gasteiger partial charge in [-0.1, -0.05) is 28.1 Å². The lowest BCUT2D eigenvalue weighted by atomic mass is 10.3. The fraction of sp³-hybridized carbons (Fsp3) is 0.263. The van der Waals surface area contributed by atoms with Crippen molar-refractivity contribution >= 4 is 32.9 Å². The van der Waals surface area contributed by atoms with Crippen LogP contribution in [0.2, 0.25) is 0 Å². The molecule has 0 fully saturated rings. The molecule has 0 spiro atoms. The van der Waals surface area contributed by atoms with Crippen molar-refractivity contribution < 1.29 is 9.53 Å². The number of benzene rings is 2. The summed E-state index contributed by atoms with van der Waals surface area (Å²) < 4.78 is 8.74. The van der Waals surface area contributed by atoms with E-state index in [-0.39, 0.29) is 5.91 Å². The Labute approximate surface area is 155 Å². The van der Waals surface area contributed by atoms with Gasteiger partial charge in [0, 0.05) is 17.6 Å². The zero-order valence-corrected chi connectivity index (χ0v) is 15.8. The number of rotatable bonds is 6. The summed E-state index contributed by atoms with van der Waals surface area (Å²) in [7, 11) is 0. The molecule has 0 aliphatic carbocycles. The maximum Gasteiger partial charge on any atom is 0.260 e. The number of aryl methyl sites for hydroxylation is 1. The maximum absolute atomic E-state index is 12.2. The second-order valence-electron chi connectivity index (χ2n) is 5.80. The Balaban J connectivity index is 1.55. The van der Waals surface area contributed by atoms with Crippen LogP contribution in [0.3, 0.4) is 0 Å². The van der Waals surface area contributed by atoms with Crippen molar-refractivity contribution in [3.63, 3.8) is 0 Å². The van der Waals surface area contributed by atoms with Gasteiger partial charge in [-0.15, -0.1) is 0 Å². The van der Waals surface area contributed by atoms with Gasteiger partial charge < -0.3 is 14.6 Å². The van der Waals surface area contributed by atoms with Crippen molar-refractivity contribution in [2.24, 2.45) is 0 Å². The molecule has 1 amide bonds. The van der Waals surface area contributed by atoms with E-state index >= 15 is 0 Å². The van der Waals surface area contributed by atoms with Gasteiger partial charge in [0.25, 0.3) is 5.91 Å². The van der Waals surface area contributed by atoms with Crippen molar-refractivity contribution in [1.82, 2.24) is 14.9 Å². The van der Waals surface area contributed by atoms with Gasteiger partial charge in [0.2, 0.25) is 0 Å². The molecular formula is C19H20BrN3O2. The van der Waals surface area contributed by atoms with Crippen LogP contribution < -0.4 is 10.1 Å². The topological polar surface area (TPSA) is 56.2 Å². The summed E-state index contributed by atoms with van der Waals surface area (Å²) >= 11 is 3.37.